The second kappa shape index (κ2) is 16.8. The molecule has 40 heavy (non-hydrogen) atoms. The summed E-state index contributed by atoms with van der Waals surface area (Å²) in [5.41, 5.74) is 1.28. The summed E-state index contributed by atoms with van der Waals surface area (Å²) in [6.45, 7) is 22.4. The van der Waals surface area contributed by atoms with Crippen LogP contribution < -0.4 is 0 Å². The molecule has 6 heteroatoms. The lowest BCUT2D eigenvalue weighted by Gasteiger charge is -2.48. The van der Waals surface area contributed by atoms with Crippen molar-refractivity contribution < 1.29 is 13.6 Å². The zero-order valence-corrected chi connectivity index (χ0v) is 26.8. The van der Waals surface area contributed by atoms with E-state index >= 15 is 0 Å². The standard InChI is InChI=1S/C18H34N2O.C14H19F2N.C2H6/c1-3-19(4-2)13-10-18(17-8-6-5-7-9-17)11-14-20(16-21)15-12-18;1-14(2,3)17-7-6-10(9-17)12-5-4-11(15)8-13(12)16;1-2/h16-17H,3-15H2,1-2H3;4-5,8,10H,6-7,9H2,1-3H3;1-2H3/t;10-;/m.0./s1. The fraction of sp³-hybridized carbons (Fsp3) is 0.794. The van der Waals surface area contributed by atoms with Gasteiger partial charge in [-0.2, -0.15) is 0 Å². The first kappa shape index (κ1) is 34.7. The van der Waals surface area contributed by atoms with Crippen molar-refractivity contribution in [1.82, 2.24) is 14.7 Å². The molecule has 0 unspecified atom stereocenters. The van der Waals surface area contributed by atoms with Crippen LogP contribution in [0.4, 0.5) is 8.78 Å². The van der Waals surface area contributed by atoms with Gasteiger partial charge < -0.3 is 9.80 Å². The molecule has 1 saturated carbocycles. The number of nitrogens with zero attached hydrogens (tertiary/aromatic N) is 3. The van der Waals surface area contributed by atoms with Crippen molar-refractivity contribution in [2.75, 3.05) is 45.8 Å². The summed E-state index contributed by atoms with van der Waals surface area (Å²) in [6.07, 6.45) is 12.9. The summed E-state index contributed by atoms with van der Waals surface area (Å²) in [5.74, 6) is 0.188. The van der Waals surface area contributed by atoms with Crippen molar-refractivity contribution in [2.45, 2.75) is 118 Å². The average molecular weight is 564 g/mol. The number of halogens is 2. The van der Waals surface area contributed by atoms with Crippen molar-refractivity contribution in [3.8, 4) is 0 Å². The van der Waals surface area contributed by atoms with Crippen LogP contribution in [0.1, 0.15) is 118 Å². The number of benzene rings is 1. The molecular weight excluding hydrogens is 504 g/mol. The maximum Gasteiger partial charge on any atom is 0.209 e. The number of amides is 1. The molecule has 1 atom stereocenters. The molecule has 0 bridgehead atoms. The third kappa shape index (κ3) is 9.79. The molecule has 230 valence electrons. The molecule has 1 aromatic rings. The Bertz CT molecular complexity index is 853. The molecule has 0 radical (unpaired) electrons. The molecule has 3 aliphatic rings. The van der Waals surface area contributed by atoms with Crippen LogP contribution in [0, 0.1) is 23.0 Å². The van der Waals surface area contributed by atoms with Gasteiger partial charge in [0.25, 0.3) is 0 Å². The van der Waals surface area contributed by atoms with Gasteiger partial charge >= 0.3 is 0 Å². The molecule has 2 aliphatic heterocycles. The van der Waals surface area contributed by atoms with Gasteiger partial charge in [0, 0.05) is 37.2 Å². The Hall–Kier alpha value is -1.53. The number of hydrogen-bond donors (Lipinski definition) is 0. The van der Waals surface area contributed by atoms with E-state index in [0.29, 0.717) is 11.0 Å². The van der Waals surface area contributed by atoms with Gasteiger partial charge in [0.2, 0.25) is 6.41 Å². The van der Waals surface area contributed by atoms with E-state index in [2.05, 4.69) is 44.4 Å². The van der Waals surface area contributed by atoms with Crippen LogP contribution in [0.2, 0.25) is 0 Å². The summed E-state index contributed by atoms with van der Waals surface area (Å²) >= 11 is 0. The van der Waals surface area contributed by atoms with E-state index in [0.717, 1.165) is 64.1 Å². The average Bonchev–Trinajstić information content (AvgIpc) is 3.47. The first-order valence-corrected chi connectivity index (χ1v) is 16.2. The van der Waals surface area contributed by atoms with Crippen molar-refractivity contribution in [3.63, 3.8) is 0 Å². The third-order valence-electron chi connectivity index (χ3n) is 9.77. The summed E-state index contributed by atoms with van der Waals surface area (Å²) in [7, 11) is 0. The molecular formula is C34H59F2N3O. The van der Waals surface area contributed by atoms with E-state index in [4.69, 9.17) is 0 Å². The molecule has 1 amide bonds. The second-order valence-corrected chi connectivity index (χ2v) is 12.9. The first-order chi connectivity index (χ1) is 19.1. The van der Waals surface area contributed by atoms with Gasteiger partial charge in [0.1, 0.15) is 11.6 Å². The summed E-state index contributed by atoms with van der Waals surface area (Å²) in [6, 6.07) is 3.91. The van der Waals surface area contributed by atoms with E-state index in [1.807, 2.05) is 18.7 Å². The van der Waals surface area contributed by atoms with Crippen LogP contribution in [0.5, 0.6) is 0 Å². The lowest BCUT2D eigenvalue weighted by Crippen LogP contribution is -2.45. The molecule has 2 saturated heterocycles. The molecule has 4 rings (SSSR count). The Balaban J connectivity index is 0.000000269. The van der Waals surface area contributed by atoms with Crippen molar-refractivity contribution in [1.29, 1.82) is 0 Å². The van der Waals surface area contributed by atoms with Crippen molar-refractivity contribution >= 4 is 6.41 Å². The highest BCUT2D eigenvalue weighted by atomic mass is 19.1. The summed E-state index contributed by atoms with van der Waals surface area (Å²) in [4.78, 5) is 17.9. The fourth-order valence-corrected chi connectivity index (χ4v) is 7.03. The van der Waals surface area contributed by atoms with E-state index in [1.54, 1.807) is 6.07 Å². The fourth-order valence-electron chi connectivity index (χ4n) is 7.03. The van der Waals surface area contributed by atoms with Crippen LogP contribution in [0.3, 0.4) is 0 Å². The second-order valence-electron chi connectivity index (χ2n) is 12.9. The number of piperidine rings is 1. The Labute approximate surface area is 244 Å². The van der Waals surface area contributed by atoms with Gasteiger partial charge in [-0.05, 0) is 108 Å². The number of carbonyl (C=O) groups is 1. The van der Waals surface area contributed by atoms with E-state index < -0.39 is 11.6 Å². The molecule has 1 aliphatic carbocycles. The number of carbonyl (C=O) groups excluding carboxylic acids is 1. The maximum absolute atomic E-state index is 13.7. The Morgan fingerprint density at radius 2 is 1.60 bits per heavy atom. The van der Waals surface area contributed by atoms with Gasteiger partial charge in [0.15, 0.2) is 0 Å². The van der Waals surface area contributed by atoms with E-state index in [1.165, 1.54) is 64.0 Å². The van der Waals surface area contributed by atoms with Crippen molar-refractivity contribution in [3.05, 3.63) is 35.4 Å². The number of rotatable bonds is 8. The van der Waals surface area contributed by atoms with Gasteiger partial charge in [-0.3, -0.25) is 9.69 Å². The minimum Gasteiger partial charge on any atom is -0.345 e. The van der Waals surface area contributed by atoms with Crippen LogP contribution in [0.25, 0.3) is 0 Å². The largest absolute Gasteiger partial charge is 0.345 e. The highest BCUT2D eigenvalue weighted by Crippen LogP contribution is 2.48. The highest BCUT2D eigenvalue weighted by Gasteiger charge is 2.41. The SMILES string of the molecule is CC.CC(C)(C)N1CC[C@H](c2ccc(F)cc2F)C1.CCN(CC)CCC1(C2CCCCC2)CCN(C=O)CC1. The normalized spacial score (nSPS) is 21.9. The smallest absolute Gasteiger partial charge is 0.209 e. The van der Waals surface area contributed by atoms with Crippen LogP contribution in [-0.2, 0) is 4.79 Å². The Morgan fingerprint density at radius 1 is 0.975 bits per heavy atom. The molecule has 0 aromatic heterocycles. The molecule has 0 spiro atoms. The van der Waals surface area contributed by atoms with Crippen LogP contribution >= 0.6 is 0 Å². The summed E-state index contributed by atoms with van der Waals surface area (Å²) < 4.78 is 26.5. The lowest BCUT2D eigenvalue weighted by molar-refractivity contribution is -0.121. The number of hydrogen-bond acceptors (Lipinski definition) is 3. The molecule has 1 aromatic carbocycles. The highest BCUT2D eigenvalue weighted by molar-refractivity contribution is 5.47. The zero-order valence-electron chi connectivity index (χ0n) is 26.8. The van der Waals surface area contributed by atoms with Crippen LogP contribution in [-0.4, -0.2) is 72.5 Å². The topological polar surface area (TPSA) is 26.8 Å². The minimum absolute atomic E-state index is 0.116. The van der Waals surface area contributed by atoms with Gasteiger partial charge in [0.05, 0.1) is 0 Å². The predicted molar refractivity (Wildman–Crippen MR) is 165 cm³/mol. The van der Waals surface area contributed by atoms with Gasteiger partial charge in [-0.25, -0.2) is 8.78 Å². The molecule has 0 N–H and O–H groups in total. The quantitative estimate of drug-likeness (QED) is 0.299. The Kier molecular flexibility index (Phi) is 14.6. The predicted octanol–water partition coefficient (Wildman–Crippen LogP) is 8.12. The molecule has 4 nitrogen and oxygen atoms in total. The summed E-state index contributed by atoms with van der Waals surface area (Å²) in [5, 5.41) is 0. The molecule has 3 fully saturated rings. The lowest BCUT2D eigenvalue weighted by atomic mass is 9.62. The number of likely N-dealkylation sites (tertiary alicyclic amines) is 2. The maximum atomic E-state index is 13.7. The van der Waals surface area contributed by atoms with Gasteiger partial charge in [-0.1, -0.05) is 53.0 Å². The van der Waals surface area contributed by atoms with E-state index in [-0.39, 0.29) is 11.5 Å². The minimum atomic E-state index is -0.503. The third-order valence-corrected chi connectivity index (χ3v) is 9.77. The van der Waals surface area contributed by atoms with Gasteiger partial charge in [-0.15, -0.1) is 0 Å². The van der Waals surface area contributed by atoms with Crippen LogP contribution in [0.15, 0.2) is 18.2 Å². The first-order valence-electron chi connectivity index (χ1n) is 16.2. The van der Waals surface area contributed by atoms with E-state index in [9.17, 15) is 13.6 Å². The van der Waals surface area contributed by atoms with Crippen molar-refractivity contribution in [2.24, 2.45) is 11.3 Å². The molecule has 2 heterocycles. The monoisotopic (exact) mass is 563 g/mol. The Morgan fingerprint density at radius 3 is 2.10 bits per heavy atom. The zero-order chi connectivity index (χ0) is 29.8.